The van der Waals surface area contributed by atoms with E-state index in [0.717, 1.165) is 22.5 Å². The number of benzene rings is 1. The summed E-state index contributed by atoms with van der Waals surface area (Å²) < 4.78 is 4.75. The molecule has 3 fully saturated rings. The van der Waals surface area contributed by atoms with Gasteiger partial charge < -0.3 is 0 Å². The van der Waals surface area contributed by atoms with E-state index in [1.54, 1.807) is 0 Å². The van der Waals surface area contributed by atoms with Crippen LogP contribution in [0.3, 0.4) is 0 Å². The first-order valence-electron chi connectivity index (χ1n) is 13.4. The number of aromatic nitrogens is 2. The van der Waals surface area contributed by atoms with Gasteiger partial charge in [0, 0.05) is 0 Å². The number of hydrogen-bond donors (Lipinski definition) is 0. The van der Waals surface area contributed by atoms with E-state index in [2.05, 4.69) is 8.95 Å². The summed E-state index contributed by atoms with van der Waals surface area (Å²) in [7, 11) is 4.20. The fraction of sp³-hybridized carbons (Fsp3) is 0.704. The molecule has 0 amide bonds. The number of nitrogens with zero attached hydrogens (tertiary/aromatic N) is 2. The van der Waals surface area contributed by atoms with Crippen LogP contribution >= 0.6 is 20.5 Å². The van der Waals surface area contributed by atoms with E-state index in [1.807, 2.05) is 29.8 Å². The van der Waals surface area contributed by atoms with Crippen LogP contribution in [0.2, 0.25) is 16.8 Å². The Hall–Kier alpha value is -0.201. The average Bonchev–Trinajstić information content (AvgIpc) is 2.87. The van der Waals surface area contributed by atoms with Gasteiger partial charge in [-0.1, -0.05) is 0 Å². The second-order valence-electron chi connectivity index (χ2n) is 10.9. The number of hydrogen-bond acceptors (Lipinski definition) is 3. The zero-order chi connectivity index (χ0) is 22.8. The molecule has 6 heteroatoms. The molecular weight excluding hydrogens is 555 g/mol. The van der Waals surface area contributed by atoms with E-state index in [-0.39, 0.29) is 5.56 Å². The summed E-state index contributed by atoms with van der Waals surface area (Å²) in [5, 5.41) is 2.37. The van der Waals surface area contributed by atoms with Gasteiger partial charge in [-0.05, 0) is 0 Å². The minimum absolute atomic E-state index is 0.0929. The molecule has 0 unspecified atom stereocenters. The first-order chi connectivity index (χ1) is 16.1. The minimum atomic E-state index is -2.87. The molecule has 33 heavy (non-hydrogen) atoms. The standard InChI is InChI=1S/C9H7ClN2OS.3C6H11.Sn/c1-12-8(13)6-3-2-5(10)4-7(6)11-9(12)14;3*1-2-4-6-5-3-1;/h2-4H,1H3,(H,11,14);3*1H,2-6H2;/q;;;;+1/p-1. The quantitative estimate of drug-likeness (QED) is 0.257. The summed E-state index contributed by atoms with van der Waals surface area (Å²) in [5.41, 5.74) is 0.875. The molecule has 0 spiro atoms. The van der Waals surface area contributed by atoms with E-state index in [0.29, 0.717) is 10.4 Å². The monoisotopic (exact) mass is 594 g/mol. The van der Waals surface area contributed by atoms with Crippen molar-refractivity contribution in [3.8, 4) is 0 Å². The molecule has 1 aromatic heterocycles. The first-order valence-corrected chi connectivity index (χ1v) is 23.1. The van der Waals surface area contributed by atoms with Gasteiger partial charge in [-0.3, -0.25) is 0 Å². The number of fused-ring (bicyclic) bond motifs is 1. The van der Waals surface area contributed by atoms with E-state index < -0.39 is 17.0 Å². The Morgan fingerprint density at radius 1 is 0.848 bits per heavy atom. The predicted octanol–water partition coefficient (Wildman–Crippen LogP) is 8.63. The van der Waals surface area contributed by atoms with Crippen LogP contribution in [0.1, 0.15) is 96.3 Å². The van der Waals surface area contributed by atoms with Gasteiger partial charge >= 0.3 is 212 Å². The van der Waals surface area contributed by atoms with Crippen LogP contribution in [0, 0.1) is 0 Å². The van der Waals surface area contributed by atoms with Crippen LogP contribution in [-0.4, -0.2) is 26.5 Å². The van der Waals surface area contributed by atoms with Crippen LogP contribution in [0.25, 0.3) is 10.9 Å². The summed E-state index contributed by atoms with van der Waals surface area (Å²) in [6, 6.07) is 5.55. The third kappa shape index (κ3) is 4.91. The van der Waals surface area contributed by atoms with E-state index in [9.17, 15) is 4.79 Å². The van der Waals surface area contributed by atoms with E-state index in [4.69, 9.17) is 16.6 Å². The normalized spacial score (nSPS) is 22.1. The average molecular weight is 594 g/mol. The van der Waals surface area contributed by atoms with Gasteiger partial charge in [0.2, 0.25) is 0 Å². The number of halogens is 1. The Kier molecular flexibility index (Phi) is 8.03. The van der Waals surface area contributed by atoms with Crippen molar-refractivity contribution in [3.05, 3.63) is 33.6 Å². The van der Waals surface area contributed by atoms with Crippen molar-refractivity contribution >= 4 is 48.4 Å². The first kappa shape index (κ1) is 24.5. The van der Waals surface area contributed by atoms with Crippen molar-refractivity contribution in [2.75, 3.05) is 0 Å². The molecule has 3 saturated carbocycles. The van der Waals surface area contributed by atoms with Crippen LogP contribution in [0.15, 0.2) is 28.2 Å². The topological polar surface area (TPSA) is 34.9 Å². The van der Waals surface area contributed by atoms with Crippen molar-refractivity contribution in [2.45, 2.75) is 113 Å². The Balaban J connectivity index is 1.64. The fourth-order valence-electron chi connectivity index (χ4n) is 7.38. The van der Waals surface area contributed by atoms with Gasteiger partial charge in [-0.15, -0.1) is 0 Å². The molecule has 2 aromatic rings. The van der Waals surface area contributed by atoms with Gasteiger partial charge in [0.25, 0.3) is 0 Å². The van der Waals surface area contributed by atoms with Gasteiger partial charge in [0.05, 0.1) is 0 Å². The molecule has 180 valence electrons. The van der Waals surface area contributed by atoms with Gasteiger partial charge in [-0.2, -0.15) is 0 Å². The van der Waals surface area contributed by atoms with Gasteiger partial charge in [0.15, 0.2) is 0 Å². The Morgan fingerprint density at radius 3 is 1.82 bits per heavy atom. The summed E-state index contributed by atoms with van der Waals surface area (Å²) in [6.07, 6.45) is 21.5. The molecule has 0 bridgehead atoms. The van der Waals surface area contributed by atoms with Crippen molar-refractivity contribution in [1.29, 1.82) is 0 Å². The molecule has 5 rings (SSSR count). The summed E-state index contributed by atoms with van der Waals surface area (Å²) in [4.78, 5) is 18.5. The molecule has 0 aliphatic heterocycles. The summed E-state index contributed by atoms with van der Waals surface area (Å²) >= 11 is 3.45. The third-order valence-corrected chi connectivity index (χ3v) is 37.3. The van der Waals surface area contributed by atoms with Crippen molar-refractivity contribution in [1.82, 2.24) is 9.55 Å². The molecule has 0 N–H and O–H groups in total. The zero-order valence-electron chi connectivity index (χ0n) is 20.2. The van der Waals surface area contributed by atoms with Crippen molar-refractivity contribution in [2.24, 2.45) is 7.05 Å². The maximum absolute atomic E-state index is 13.4. The molecular formula is C27H39ClN2OSSn. The third-order valence-electron chi connectivity index (χ3n) is 9.00. The molecule has 1 aromatic carbocycles. The SMILES string of the molecule is Cn1c([S][Sn]([CH]2CCCCC2)([CH]2CCCCC2)[CH]2CCCCC2)nc2cc(Cl)ccc2c1=O. The van der Waals surface area contributed by atoms with Gasteiger partial charge in [0.1, 0.15) is 0 Å². The maximum atomic E-state index is 13.4. The Morgan fingerprint density at radius 2 is 1.33 bits per heavy atom. The van der Waals surface area contributed by atoms with E-state index >= 15 is 0 Å². The molecule has 0 atom stereocenters. The molecule has 0 saturated heterocycles. The Bertz CT molecular complexity index is 977. The van der Waals surface area contributed by atoms with Crippen molar-refractivity contribution < 1.29 is 0 Å². The predicted molar refractivity (Wildman–Crippen MR) is 144 cm³/mol. The van der Waals surface area contributed by atoms with Gasteiger partial charge in [-0.25, -0.2) is 0 Å². The zero-order valence-corrected chi connectivity index (χ0v) is 24.6. The molecule has 3 aliphatic carbocycles. The summed E-state index contributed by atoms with van der Waals surface area (Å²) in [6.45, 7) is 0. The van der Waals surface area contributed by atoms with E-state index in [1.165, 1.54) is 96.3 Å². The fourth-order valence-corrected chi connectivity index (χ4v) is 39.0. The summed E-state index contributed by atoms with van der Waals surface area (Å²) in [5.74, 6) is 0. The second-order valence-corrected chi connectivity index (χ2v) is 30.2. The molecule has 1 heterocycles. The second kappa shape index (κ2) is 10.8. The van der Waals surface area contributed by atoms with Crippen molar-refractivity contribution in [3.63, 3.8) is 0 Å². The van der Waals surface area contributed by atoms with Crippen LogP contribution in [0.5, 0.6) is 0 Å². The van der Waals surface area contributed by atoms with Crippen LogP contribution < -0.4 is 5.56 Å². The Labute approximate surface area is 210 Å². The molecule has 3 nitrogen and oxygen atoms in total. The van der Waals surface area contributed by atoms with Crippen LogP contribution in [0.4, 0.5) is 0 Å². The number of rotatable bonds is 5. The molecule has 3 aliphatic rings. The van der Waals surface area contributed by atoms with Crippen LogP contribution in [-0.2, 0) is 7.05 Å². The molecule has 0 radical (unpaired) electrons.